The normalized spacial score (nSPS) is 11.1. The standard InChI is InChI=1S/C21H16N2O4S/c1-2-9-23-20(26)16-5-3-4-6-17(16)22-21(23)28-12-13-10-19(25)27-18-11-14(24)7-8-15(13)18/h2-8,10-11,24H,1,9,12H2. The summed E-state index contributed by atoms with van der Waals surface area (Å²) in [4.78, 5) is 29.3. The van der Waals surface area contributed by atoms with E-state index < -0.39 is 5.63 Å². The number of hydrogen-bond acceptors (Lipinski definition) is 6. The predicted octanol–water partition coefficient (Wildman–Crippen LogP) is 3.69. The van der Waals surface area contributed by atoms with Crippen molar-refractivity contribution >= 4 is 33.6 Å². The highest BCUT2D eigenvalue weighted by molar-refractivity contribution is 7.98. The Morgan fingerprint density at radius 3 is 2.79 bits per heavy atom. The first-order valence-electron chi connectivity index (χ1n) is 8.56. The molecule has 6 nitrogen and oxygen atoms in total. The fraction of sp³-hybridized carbons (Fsp3) is 0.0952. The van der Waals surface area contributed by atoms with E-state index in [1.165, 1.54) is 23.9 Å². The Hall–Kier alpha value is -3.32. The number of rotatable bonds is 5. The van der Waals surface area contributed by atoms with Gasteiger partial charge in [-0.15, -0.1) is 6.58 Å². The molecule has 0 saturated carbocycles. The highest BCUT2D eigenvalue weighted by Gasteiger charge is 2.13. The van der Waals surface area contributed by atoms with Gasteiger partial charge in [-0.3, -0.25) is 9.36 Å². The van der Waals surface area contributed by atoms with Gasteiger partial charge in [0.15, 0.2) is 5.16 Å². The van der Waals surface area contributed by atoms with Crippen molar-refractivity contribution in [1.82, 2.24) is 9.55 Å². The van der Waals surface area contributed by atoms with Crippen LogP contribution >= 0.6 is 11.8 Å². The van der Waals surface area contributed by atoms with Crippen LogP contribution in [0.4, 0.5) is 0 Å². The van der Waals surface area contributed by atoms with E-state index in [0.29, 0.717) is 33.9 Å². The Kier molecular flexibility index (Phi) is 4.75. The van der Waals surface area contributed by atoms with Gasteiger partial charge >= 0.3 is 5.63 Å². The number of fused-ring (bicyclic) bond motifs is 2. The fourth-order valence-corrected chi connectivity index (χ4v) is 4.03. The minimum Gasteiger partial charge on any atom is -0.508 e. The fourth-order valence-electron chi connectivity index (χ4n) is 3.03. The molecular weight excluding hydrogens is 376 g/mol. The van der Waals surface area contributed by atoms with Crippen molar-refractivity contribution in [3.8, 4) is 5.75 Å². The van der Waals surface area contributed by atoms with Crippen molar-refractivity contribution in [2.45, 2.75) is 17.5 Å². The number of nitrogens with zero attached hydrogens (tertiary/aromatic N) is 2. The van der Waals surface area contributed by atoms with Crippen LogP contribution in [0, 0.1) is 0 Å². The molecule has 0 atom stereocenters. The number of allylic oxidation sites excluding steroid dienone is 1. The minimum absolute atomic E-state index is 0.0245. The molecule has 0 spiro atoms. The van der Waals surface area contributed by atoms with E-state index in [0.717, 1.165) is 10.9 Å². The van der Waals surface area contributed by atoms with E-state index in [2.05, 4.69) is 11.6 Å². The zero-order valence-corrected chi connectivity index (χ0v) is 15.6. The number of phenols is 1. The zero-order valence-electron chi connectivity index (χ0n) is 14.8. The molecule has 0 amide bonds. The lowest BCUT2D eigenvalue weighted by molar-refractivity contribution is 0.473. The molecule has 0 radical (unpaired) electrons. The molecule has 4 aromatic rings. The summed E-state index contributed by atoms with van der Waals surface area (Å²) in [6, 6.07) is 13.3. The number of para-hydroxylation sites is 1. The molecule has 7 heteroatoms. The molecule has 28 heavy (non-hydrogen) atoms. The average molecular weight is 392 g/mol. The van der Waals surface area contributed by atoms with Crippen molar-refractivity contribution in [3.63, 3.8) is 0 Å². The minimum atomic E-state index is -0.497. The van der Waals surface area contributed by atoms with Crippen LogP contribution in [-0.4, -0.2) is 14.7 Å². The van der Waals surface area contributed by atoms with Gasteiger partial charge in [-0.2, -0.15) is 0 Å². The van der Waals surface area contributed by atoms with Crippen LogP contribution in [0.3, 0.4) is 0 Å². The molecule has 0 bridgehead atoms. The van der Waals surface area contributed by atoms with Crippen LogP contribution in [0.1, 0.15) is 5.56 Å². The molecule has 0 saturated heterocycles. The predicted molar refractivity (Wildman–Crippen MR) is 110 cm³/mol. The number of hydrogen-bond donors (Lipinski definition) is 1. The SMILES string of the molecule is C=CCn1c(SCc2cc(=O)oc3cc(O)ccc23)nc2ccccc2c1=O. The van der Waals surface area contributed by atoms with Gasteiger partial charge in [0.1, 0.15) is 11.3 Å². The van der Waals surface area contributed by atoms with Crippen LogP contribution < -0.4 is 11.2 Å². The highest BCUT2D eigenvalue weighted by Crippen LogP contribution is 2.27. The zero-order chi connectivity index (χ0) is 19.7. The summed E-state index contributed by atoms with van der Waals surface area (Å²) < 4.78 is 6.73. The van der Waals surface area contributed by atoms with E-state index in [1.807, 2.05) is 6.07 Å². The summed E-state index contributed by atoms with van der Waals surface area (Å²) in [5, 5.41) is 11.4. The Morgan fingerprint density at radius 1 is 1.14 bits per heavy atom. The van der Waals surface area contributed by atoms with Crippen molar-refractivity contribution < 1.29 is 9.52 Å². The molecule has 140 valence electrons. The van der Waals surface area contributed by atoms with Crippen LogP contribution in [0.25, 0.3) is 21.9 Å². The van der Waals surface area contributed by atoms with Crippen molar-refractivity contribution in [3.05, 3.63) is 87.5 Å². The maximum Gasteiger partial charge on any atom is 0.336 e. The topological polar surface area (TPSA) is 85.3 Å². The summed E-state index contributed by atoms with van der Waals surface area (Å²) in [5.41, 5.74) is 1.05. The third-order valence-electron chi connectivity index (χ3n) is 4.31. The molecule has 2 heterocycles. The second kappa shape index (κ2) is 7.36. The first kappa shape index (κ1) is 18.1. The van der Waals surface area contributed by atoms with Crippen LogP contribution in [0.2, 0.25) is 0 Å². The summed E-state index contributed by atoms with van der Waals surface area (Å²) in [7, 11) is 0. The van der Waals surface area contributed by atoms with Gasteiger partial charge in [-0.25, -0.2) is 9.78 Å². The summed E-state index contributed by atoms with van der Waals surface area (Å²) in [6.45, 7) is 4.06. The molecule has 0 aliphatic rings. The molecule has 0 aliphatic heterocycles. The maximum atomic E-state index is 12.8. The smallest absolute Gasteiger partial charge is 0.336 e. The molecule has 0 fully saturated rings. The lowest BCUT2D eigenvalue weighted by Gasteiger charge is -2.12. The Labute approximate surface area is 163 Å². The Balaban J connectivity index is 1.78. The summed E-state index contributed by atoms with van der Waals surface area (Å²) >= 11 is 1.36. The molecule has 0 aliphatic carbocycles. The lowest BCUT2D eigenvalue weighted by atomic mass is 10.1. The Morgan fingerprint density at radius 2 is 1.96 bits per heavy atom. The second-order valence-electron chi connectivity index (χ2n) is 6.18. The summed E-state index contributed by atoms with van der Waals surface area (Å²) in [6.07, 6.45) is 1.65. The number of thioether (sulfide) groups is 1. The van der Waals surface area contributed by atoms with E-state index in [4.69, 9.17) is 4.42 Å². The van der Waals surface area contributed by atoms with Gasteiger partial charge in [0.05, 0.1) is 10.9 Å². The molecule has 1 N–H and O–H groups in total. The monoisotopic (exact) mass is 392 g/mol. The molecule has 0 unspecified atom stereocenters. The number of benzene rings is 2. The van der Waals surface area contributed by atoms with E-state index in [-0.39, 0.29) is 11.3 Å². The second-order valence-corrected chi connectivity index (χ2v) is 7.12. The van der Waals surface area contributed by atoms with Gasteiger partial charge in [0.2, 0.25) is 0 Å². The van der Waals surface area contributed by atoms with Crippen molar-refractivity contribution in [1.29, 1.82) is 0 Å². The van der Waals surface area contributed by atoms with Gasteiger partial charge in [-0.05, 0) is 29.8 Å². The highest BCUT2D eigenvalue weighted by atomic mass is 32.2. The largest absolute Gasteiger partial charge is 0.508 e. The maximum absolute atomic E-state index is 12.8. The van der Waals surface area contributed by atoms with E-state index in [1.54, 1.807) is 41.0 Å². The van der Waals surface area contributed by atoms with Gasteiger partial charge in [-0.1, -0.05) is 30.0 Å². The van der Waals surface area contributed by atoms with Gasteiger partial charge in [0, 0.05) is 29.8 Å². The van der Waals surface area contributed by atoms with E-state index in [9.17, 15) is 14.7 Å². The number of aromatic hydroxyl groups is 1. The van der Waals surface area contributed by atoms with Crippen LogP contribution in [0.5, 0.6) is 5.75 Å². The molecule has 2 aromatic carbocycles. The Bertz CT molecular complexity index is 1320. The summed E-state index contributed by atoms with van der Waals surface area (Å²) in [5.74, 6) is 0.436. The van der Waals surface area contributed by atoms with Crippen molar-refractivity contribution in [2.24, 2.45) is 0 Å². The third-order valence-corrected chi connectivity index (χ3v) is 5.33. The quantitative estimate of drug-likeness (QED) is 0.241. The van der Waals surface area contributed by atoms with Crippen LogP contribution in [-0.2, 0) is 12.3 Å². The first-order chi connectivity index (χ1) is 13.6. The molecular formula is C21H16N2O4S. The molecule has 4 rings (SSSR count). The van der Waals surface area contributed by atoms with Crippen molar-refractivity contribution in [2.75, 3.05) is 0 Å². The lowest BCUT2D eigenvalue weighted by Crippen LogP contribution is -2.22. The average Bonchev–Trinajstić information content (AvgIpc) is 2.68. The van der Waals surface area contributed by atoms with Gasteiger partial charge in [0.25, 0.3) is 5.56 Å². The first-order valence-corrected chi connectivity index (χ1v) is 9.54. The van der Waals surface area contributed by atoms with Crippen LogP contribution in [0.15, 0.2) is 80.3 Å². The number of aromatic nitrogens is 2. The van der Waals surface area contributed by atoms with E-state index >= 15 is 0 Å². The van der Waals surface area contributed by atoms with Gasteiger partial charge < -0.3 is 9.52 Å². The third kappa shape index (κ3) is 3.32. The molecule has 2 aromatic heterocycles. The number of phenolic OH excluding ortho intramolecular Hbond substituents is 1.